The van der Waals surface area contributed by atoms with Gasteiger partial charge < -0.3 is 4.98 Å². The van der Waals surface area contributed by atoms with Crippen molar-refractivity contribution in [3.8, 4) is 11.3 Å². The lowest BCUT2D eigenvalue weighted by Crippen LogP contribution is -2.30. The molecule has 4 N–H and O–H groups in total. The van der Waals surface area contributed by atoms with E-state index < -0.39 is 11.7 Å². The standard InChI is InChI=1S/C20H13ClFN7O/c21-13-7-11(1-2-14(13)22)26-29-20(30)19-24-16-8-12-15(9-17(16)25-19)27-28-18(12)10-3-5-23-6-4-10/h1-9,26H,(H,24,25)(H,27,28)(H,29,30). The van der Waals surface area contributed by atoms with Gasteiger partial charge in [-0.15, -0.1) is 0 Å². The van der Waals surface area contributed by atoms with Gasteiger partial charge in [-0.2, -0.15) is 5.10 Å². The number of anilines is 1. The van der Waals surface area contributed by atoms with Crippen molar-refractivity contribution in [2.24, 2.45) is 0 Å². The lowest BCUT2D eigenvalue weighted by Gasteiger charge is -2.07. The first-order chi connectivity index (χ1) is 14.6. The molecule has 0 spiro atoms. The number of benzene rings is 2. The van der Waals surface area contributed by atoms with Crippen molar-refractivity contribution in [3.05, 3.63) is 71.5 Å². The minimum atomic E-state index is -0.540. The van der Waals surface area contributed by atoms with Crippen LogP contribution in [-0.2, 0) is 0 Å². The predicted molar refractivity (Wildman–Crippen MR) is 111 cm³/mol. The molecule has 10 heteroatoms. The Morgan fingerprint density at radius 1 is 1.07 bits per heavy atom. The normalized spacial score (nSPS) is 11.1. The zero-order chi connectivity index (χ0) is 20.7. The highest BCUT2D eigenvalue weighted by Crippen LogP contribution is 2.28. The van der Waals surface area contributed by atoms with Gasteiger partial charge in [0.2, 0.25) is 0 Å². The zero-order valence-corrected chi connectivity index (χ0v) is 16.0. The third-order valence-electron chi connectivity index (χ3n) is 4.57. The highest BCUT2D eigenvalue weighted by molar-refractivity contribution is 6.31. The van der Waals surface area contributed by atoms with Crippen LogP contribution in [0.25, 0.3) is 33.2 Å². The molecule has 3 heterocycles. The average molecular weight is 422 g/mol. The highest BCUT2D eigenvalue weighted by Gasteiger charge is 2.15. The van der Waals surface area contributed by atoms with E-state index in [0.717, 1.165) is 22.2 Å². The third-order valence-corrected chi connectivity index (χ3v) is 4.86. The van der Waals surface area contributed by atoms with Gasteiger partial charge in [-0.25, -0.2) is 9.37 Å². The monoisotopic (exact) mass is 421 g/mol. The number of aromatic amines is 2. The van der Waals surface area contributed by atoms with Crippen LogP contribution in [0.15, 0.2) is 54.9 Å². The summed E-state index contributed by atoms with van der Waals surface area (Å²) >= 11 is 5.74. The molecule has 0 aliphatic carbocycles. The number of carbonyl (C=O) groups excluding carboxylic acids is 1. The van der Waals surface area contributed by atoms with E-state index in [2.05, 4.69) is 36.0 Å². The smallest absolute Gasteiger partial charge is 0.305 e. The van der Waals surface area contributed by atoms with E-state index >= 15 is 0 Å². The van der Waals surface area contributed by atoms with Gasteiger partial charge in [0.05, 0.1) is 27.3 Å². The van der Waals surface area contributed by atoms with Gasteiger partial charge in [0.15, 0.2) is 5.82 Å². The molecule has 0 radical (unpaired) electrons. The molecule has 0 aliphatic heterocycles. The van der Waals surface area contributed by atoms with Crippen molar-refractivity contribution in [1.82, 2.24) is 30.6 Å². The maximum Gasteiger partial charge on any atom is 0.305 e. The Bertz CT molecular complexity index is 1400. The Labute approximate surface area is 173 Å². The Kier molecular flexibility index (Phi) is 4.29. The van der Waals surface area contributed by atoms with Crippen LogP contribution in [0, 0.1) is 5.82 Å². The van der Waals surface area contributed by atoms with Gasteiger partial charge in [0, 0.05) is 23.3 Å². The molecule has 0 bridgehead atoms. The van der Waals surface area contributed by atoms with Gasteiger partial charge >= 0.3 is 5.91 Å². The molecular formula is C20H13ClFN7O. The fourth-order valence-electron chi connectivity index (χ4n) is 3.12. The molecule has 148 valence electrons. The number of rotatable bonds is 4. The van der Waals surface area contributed by atoms with E-state index in [9.17, 15) is 9.18 Å². The van der Waals surface area contributed by atoms with E-state index in [4.69, 9.17) is 11.6 Å². The average Bonchev–Trinajstić information content (AvgIpc) is 3.36. The third kappa shape index (κ3) is 3.20. The van der Waals surface area contributed by atoms with Crippen molar-refractivity contribution in [1.29, 1.82) is 0 Å². The number of nitrogens with zero attached hydrogens (tertiary/aromatic N) is 3. The Balaban J connectivity index is 1.42. The number of nitrogens with one attached hydrogen (secondary N) is 4. The Morgan fingerprint density at radius 2 is 1.90 bits per heavy atom. The van der Waals surface area contributed by atoms with Crippen molar-refractivity contribution in [3.63, 3.8) is 0 Å². The quantitative estimate of drug-likeness (QED) is 0.327. The lowest BCUT2D eigenvalue weighted by molar-refractivity contribution is 0.0953. The molecule has 3 aromatic heterocycles. The minimum absolute atomic E-state index is 0.0494. The van der Waals surface area contributed by atoms with Crippen molar-refractivity contribution in [2.45, 2.75) is 0 Å². The molecule has 0 saturated carbocycles. The summed E-state index contributed by atoms with van der Waals surface area (Å²) in [6.45, 7) is 0. The number of carbonyl (C=O) groups is 1. The predicted octanol–water partition coefficient (Wildman–Crippen LogP) is 4.05. The number of imidazole rings is 1. The molecule has 8 nitrogen and oxygen atoms in total. The second-order valence-corrected chi connectivity index (χ2v) is 6.92. The summed E-state index contributed by atoms with van der Waals surface area (Å²) in [5, 5.41) is 8.21. The summed E-state index contributed by atoms with van der Waals surface area (Å²) < 4.78 is 13.2. The first kappa shape index (κ1) is 18.1. The number of hydrogen-bond donors (Lipinski definition) is 4. The summed E-state index contributed by atoms with van der Waals surface area (Å²) in [7, 11) is 0. The fourth-order valence-corrected chi connectivity index (χ4v) is 3.30. The molecule has 1 amide bonds. The molecule has 30 heavy (non-hydrogen) atoms. The molecule has 5 rings (SSSR count). The van der Waals surface area contributed by atoms with Crippen LogP contribution in [0.4, 0.5) is 10.1 Å². The van der Waals surface area contributed by atoms with Crippen molar-refractivity contribution >= 4 is 45.1 Å². The largest absolute Gasteiger partial charge is 0.334 e. The molecule has 0 saturated heterocycles. The second kappa shape index (κ2) is 7.12. The summed E-state index contributed by atoms with van der Waals surface area (Å²) in [5.74, 6) is -0.901. The van der Waals surface area contributed by atoms with Crippen LogP contribution in [-0.4, -0.2) is 31.1 Å². The van der Waals surface area contributed by atoms with E-state index in [1.807, 2.05) is 24.3 Å². The van der Waals surface area contributed by atoms with E-state index in [0.29, 0.717) is 16.7 Å². The SMILES string of the molecule is O=C(NNc1ccc(F)c(Cl)c1)c1nc2cc3c(-c4ccncc4)n[nH]c3cc2[nH]1. The first-order valence-corrected chi connectivity index (χ1v) is 9.26. The van der Waals surface area contributed by atoms with Gasteiger partial charge in [-0.05, 0) is 42.5 Å². The molecule has 0 unspecified atom stereocenters. The lowest BCUT2D eigenvalue weighted by atomic mass is 10.1. The van der Waals surface area contributed by atoms with Gasteiger partial charge in [-0.3, -0.25) is 25.7 Å². The second-order valence-electron chi connectivity index (χ2n) is 6.52. The fraction of sp³-hybridized carbons (Fsp3) is 0. The molecule has 0 fully saturated rings. The van der Waals surface area contributed by atoms with Crippen LogP contribution in [0.3, 0.4) is 0 Å². The van der Waals surface area contributed by atoms with E-state index in [1.54, 1.807) is 12.4 Å². The molecule has 0 atom stereocenters. The summed E-state index contributed by atoms with van der Waals surface area (Å²) in [4.78, 5) is 23.8. The molecule has 0 aliphatic rings. The summed E-state index contributed by atoms with van der Waals surface area (Å²) in [5.41, 5.74) is 9.43. The highest BCUT2D eigenvalue weighted by atomic mass is 35.5. The summed E-state index contributed by atoms with van der Waals surface area (Å²) in [6.07, 6.45) is 3.40. The van der Waals surface area contributed by atoms with Crippen LogP contribution >= 0.6 is 11.6 Å². The summed E-state index contributed by atoms with van der Waals surface area (Å²) in [6, 6.07) is 11.5. The number of hydrogen-bond acceptors (Lipinski definition) is 5. The first-order valence-electron chi connectivity index (χ1n) is 8.88. The van der Waals surface area contributed by atoms with Crippen molar-refractivity contribution < 1.29 is 9.18 Å². The number of halogens is 2. The topological polar surface area (TPSA) is 111 Å². The molecular weight excluding hydrogens is 409 g/mol. The van der Waals surface area contributed by atoms with Crippen molar-refractivity contribution in [2.75, 3.05) is 5.43 Å². The zero-order valence-electron chi connectivity index (χ0n) is 15.2. The Morgan fingerprint density at radius 3 is 2.70 bits per heavy atom. The number of amides is 1. The number of pyridine rings is 1. The van der Waals surface area contributed by atoms with Crippen LogP contribution in [0.2, 0.25) is 5.02 Å². The maximum absolute atomic E-state index is 13.2. The van der Waals surface area contributed by atoms with Gasteiger partial charge in [0.25, 0.3) is 0 Å². The molecule has 5 aromatic rings. The number of hydrazine groups is 1. The van der Waals surface area contributed by atoms with Crippen LogP contribution < -0.4 is 10.9 Å². The Hall–Kier alpha value is -3.98. The van der Waals surface area contributed by atoms with Gasteiger partial charge in [-0.1, -0.05) is 11.6 Å². The minimum Gasteiger partial charge on any atom is -0.334 e. The van der Waals surface area contributed by atoms with E-state index in [1.165, 1.54) is 18.2 Å². The molecule has 2 aromatic carbocycles. The number of aromatic nitrogens is 5. The maximum atomic E-state index is 13.2. The van der Waals surface area contributed by atoms with Gasteiger partial charge in [0.1, 0.15) is 11.5 Å². The van der Waals surface area contributed by atoms with Crippen LogP contribution in [0.5, 0.6) is 0 Å². The number of fused-ring (bicyclic) bond motifs is 2. The van der Waals surface area contributed by atoms with Crippen LogP contribution in [0.1, 0.15) is 10.6 Å². The number of H-pyrrole nitrogens is 2. The van der Waals surface area contributed by atoms with E-state index in [-0.39, 0.29) is 10.8 Å².